The van der Waals surface area contributed by atoms with Crippen LogP contribution in [0.5, 0.6) is 0 Å². The third-order valence-electron chi connectivity index (χ3n) is 12.3. The maximum absolute atomic E-state index is 2.56. The zero-order chi connectivity index (χ0) is 34.6. The fourth-order valence-corrected chi connectivity index (χ4v) is 9.90. The molecule has 244 valence electrons. The van der Waals surface area contributed by atoms with Gasteiger partial charge in [-0.1, -0.05) is 172 Å². The number of hydrogen-bond acceptors (Lipinski definition) is 0. The molecule has 0 atom stereocenters. The SMILES string of the molecule is CC1(C)c2ccccc2C2(c3cc(-c4ccc5ccccc5c4)ccc3-c3c2cc(-c2ccc4ccccc4c2)c2ccccc32)c2ccccc21. The summed E-state index contributed by atoms with van der Waals surface area (Å²) in [6.45, 7) is 4.81. The Kier molecular flexibility index (Phi) is 6.03. The molecule has 0 N–H and O–H groups in total. The molecule has 0 unspecified atom stereocenters. The van der Waals surface area contributed by atoms with E-state index in [4.69, 9.17) is 0 Å². The molecule has 0 nitrogen and oxygen atoms in total. The van der Waals surface area contributed by atoms with Gasteiger partial charge in [-0.3, -0.25) is 0 Å². The van der Waals surface area contributed by atoms with Crippen molar-refractivity contribution >= 4 is 32.3 Å². The van der Waals surface area contributed by atoms with Crippen LogP contribution in [-0.2, 0) is 10.8 Å². The summed E-state index contributed by atoms with van der Waals surface area (Å²) in [5.41, 5.74) is 15.3. The molecule has 0 heteroatoms. The first-order chi connectivity index (χ1) is 25.5. The van der Waals surface area contributed by atoms with Crippen molar-refractivity contribution in [2.45, 2.75) is 24.7 Å². The summed E-state index contributed by atoms with van der Waals surface area (Å²) in [7, 11) is 0. The Bertz CT molecular complexity index is 2890. The van der Waals surface area contributed by atoms with Crippen LogP contribution >= 0.6 is 0 Å². The smallest absolute Gasteiger partial charge is 0.0619 e. The molecule has 2 aliphatic rings. The Morgan fingerprint density at radius 2 is 0.788 bits per heavy atom. The highest BCUT2D eigenvalue weighted by Crippen LogP contribution is 2.64. The average Bonchev–Trinajstić information content (AvgIpc) is 3.49. The summed E-state index contributed by atoms with van der Waals surface area (Å²) in [6, 6.07) is 68.7. The van der Waals surface area contributed by atoms with Gasteiger partial charge < -0.3 is 0 Å². The number of rotatable bonds is 2. The minimum Gasteiger partial charge on any atom is -0.0619 e. The first kappa shape index (κ1) is 29.5. The Morgan fingerprint density at radius 3 is 1.44 bits per heavy atom. The van der Waals surface area contributed by atoms with E-state index in [1.807, 2.05) is 0 Å². The largest absolute Gasteiger partial charge is 0.0720 e. The molecule has 0 bridgehead atoms. The van der Waals surface area contributed by atoms with Gasteiger partial charge in [0.15, 0.2) is 0 Å². The van der Waals surface area contributed by atoms with Gasteiger partial charge in [0.25, 0.3) is 0 Å². The molecule has 1 spiro atoms. The first-order valence-electron chi connectivity index (χ1n) is 18.4. The highest BCUT2D eigenvalue weighted by atomic mass is 14.5. The zero-order valence-corrected chi connectivity index (χ0v) is 29.3. The Hall–Kier alpha value is -6.24. The minimum atomic E-state index is -0.504. The van der Waals surface area contributed by atoms with Gasteiger partial charge in [0.2, 0.25) is 0 Å². The molecule has 0 aliphatic heterocycles. The second-order valence-electron chi connectivity index (χ2n) is 15.2. The topological polar surface area (TPSA) is 0 Å². The standard InChI is InChI=1S/C52H36/c1-51(2)44-19-9-11-21-46(44)52(47-22-12-10-20-45(47)51)48-31-38(37-25-23-33-13-3-5-15-35(33)29-37)27-28-42(48)50-41-18-8-7-17-40(41)43(32-49(50)52)39-26-24-34-14-4-6-16-36(34)30-39/h3-32H,1-2H3. The lowest BCUT2D eigenvalue weighted by Crippen LogP contribution is -2.40. The van der Waals surface area contributed by atoms with E-state index in [1.54, 1.807) is 0 Å². The first-order valence-corrected chi connectivity index (χ1v) is 18.4. The van der Waals surface area contributed by atoms with E-state index in [0.29, 0.717) is 0 Å². The quantitative estimate of drug-likeness (QED) is 0.173. The molecule has 9 aromatic carbocycles. The van der Waals surface area contributed by atoms with Crippen molar-refractivity contribution < 1.29 is 0 Å². The lowest BCUT2D eigenvalue weighted by atomic mass is 9.55. The van der Waals surface area contributed by atoms with Crippen molar-refractivity contribution in [3.8, 4) is 33.4 Å². The third kappa shape index (κ3) is 3.87. The van der Waals surface area contributed by atoms with Crippen LogP contribution in [-0.4, -0.2) is 0 Å². The van der Waals surface area contributed by atoms with Crippen LogP contribution in [0, 0.1) is 0 Å². The van der Waals surface area contributed by atoms with Gasteiger partial charge >= 0.3 is 0 Å². The van der Waals surface area contributed by atoms with E-state index in [1.165, 1.54) is 99.1 Å². The summed E-state index contributed by atoms with van der Waals surface area (Å²) in [5, 5.41) is 7.65. The van der Waals surface area contributed by atoms with Crippen LogP contribution in [0.3, 0.4) is 0 Å². The molecule has 0 radical (unpaired) electrons. The van der Waals surface area contributed by atoms with E-state index >= 15 is 0 Å². The van der Waals surface area contributed by atoms with Crippen LogP contribution in [0.1, 0.15) is 47.2 Å². The van der Waals surface area contributed by atoms with Crippen LogP contribution in [0.25, 0.3) is 65.7 Å². The van der Waals surface area contributed by atoms with Gasteiger partial charge in [-0.2, -0.15) is 0 Å². The predicted molar refractivity (Wildman–Crippen MR) is 219 cm³/mol. The summed E-state index contributed by atoms with van der Waals surface area (Å²) < 4.78 is 0. The van der Waals surface area contributed by atoms with E-state index in [-0.39, 0.29) is 5.41 Å². The van der Waals surface area contributed by atoms with Gasteiger partial charge in [-0.15, -0.1) is 0 Å². The van der Waals surface area contributed by atoms with Gasteiger partial charge in [-0.25, -0.2) is 0 Å². The summed E-state index contributed by atoms with van der Waals surface area (Å²) in [4.78, 5) is 0. The molecule has 0 amide bonds. The lowest BCUT2D eigenvalue weighted by Gasteiger charge is -2.46. The molecular formula is C52H36. The fourth-order valence-electron chi connectivity index (χ4n) is 9.90. The van der Waals surface area contributed by atoms with Crippen LogP contribution in [0.2, 0.25) is 0 Å². The molecule has 0 saturated heterocycles. The van der Waals surface area contributed by atoms with Crippen LogP contribution in [0.15, 0.2) is 182 Å². The van der Waals surface area contributed by atoms with Crippen LogP contribution in [0.4, 0.5) is 0 Å². The Balaban J connectivity index is 1.29. The van der Waals surface area contributed by atoms with Crippen molar-refractivity contribution in [3.05, 3.63) is 215 Å². The zero-order valence-electron chi connectivity index (χ0n) is 29.3. The van der Waals surface area contributed by atoms with Gasteiger partial charge in [0.05, 0.1) is 5.41 Å². The molecule has 0 fully saturated rings. The number of benzene rings is 9. The second kappa shape index (κ2) is 10.6. The molecule has 0 aromatic heterocycles. The normalized spacial score (nSPS) is 14.7. The van der Waals surface area contributed by atoms with Gasteiger partial charge in [0, 0.05) is 5.41 Å². The average molecular weight is 661 g/mol. The van der Waals surface area contributed by atoms with Crippen molar-refractivity contribution in [2.75, 3.05) is 0 Å². The Labute approximate surface area is 304 Å². The third-order valence-corrected chi connectivity index (χ3v) is 12.3. The molecule has 0 saturated carbocycles. The van der Waals surface area contributed by atoms with E-state index in [0.717, 1.165) is 0 Å². The lowest BCUT2D eigenvalue weighted by molar-refractivity contribution is 0.563. The monoisotopic (exact) mass is 660 g/mol. The highest BCUT2D eigenvalue weighted by Gasteiger charge is 2.54. The van der Waals surface area contributed by atoms with Crippen molar-refractivity contribution in [1.29, 1.82) is 0 Å². The maximum atomic E-state index is 2.56. The van der Waals surface area contributed by atoms with E-state index < -0.39 is 5.41 Å². The fraction of sp³-hybridized carbons (Fsp3) is 0.0769. The Morgan fingerprint density at radius 1 is 0.308 bits per heavy atom. The predicted octanol–water partition coefficient (Wildman–Crippen LogP) is 13.5. The molecule has 2 aliphatic carbocycles. The minimum absolute atomic E-state index is 0.157. The van der Waals surface area contributed by atoms with Crippen molar-refractivity contribution in [1.82, 2.24) is 0 Å². The number of hydrogen-bond donors (Lipinski definition) is 0. The highest BCUT2D eigenvalue weighted by molar-refractivity contribution is 6.11. The van der Waals surface area contributed by atoms with Gasteiger partial charge in [0.1, 0.15) is 0 Å². The van der Waals surface area contributed by atoms with E-state index in [2.05, 4.69) is 196 Å². The molecular weight excluding hydrogens is 625 g/mol. The second-order valence-corrected chi connectivity index (χ2v) is 15.2. The summed E-state index contributed by atoms with van der Waals surface area (Å²) >= 11 is 0. The van der Waals surface area contributed by atoms with Crippen LogP contribution < -0.4 is 0 Å². The van der Waals surface area contributed by atoms with Gasteiger partial charge in [-0.05, 0) is 123 Å². The van der Waals surface area contributed by atoms with Crippen molar-refractivity contribution in [3.63, 3.8) is 0 Å². The van der Waals surface area contributed by atoms with Crippen molar-refractivity contribution in [2.24, 2.45) is 0 Å². The van der Waals surface area contributed by atoms with E-state index in [9.17, 15) is 0 Å². The number of fused-ring (bicyclic) bond motifs is 13. The molecule has 52 heavy (non-hydrogen) atoms. The maximum Gasteiger partial charge on any atom is 0.0720 e. The summed E-state index contributed by atoms with van der Waals surface area (Å²) in [6.07, 6.45) is 0. The molecule has 9 aromatic rings. The molecule has 11 rings (SSSR count). The summed E-state index contributed by atoms with van der Waals surface area (Å²) in [5.74, 6) is 0. The molecule has 0 heterocycles.